The van der Waals surface area contributed by atoms with Crippen molar-refractivity contribution < 1.29 is 0 Å². The minimum atomic E-state index is -0.128. The molecule has 4 aliphatic carbocycles. The first-order valence-corrected chi connectivity index (χ1v) is 15.3. The summed E-state index contributed by atoms with van der Waals surface area (Å²) in [7, 11) is 0. The highest BCUT2D eigenvalue weighted by atomic mass is 14.6. The Morgan fingerprint density at radius 3 is 1.02 bits per heavy atom. The van der Waals surface area contributed by atoms with E-state index in [9.17, 15) is 0 Å². The lowest BCUT2D eigenvalue weighted by atomic mass is 9.67. The van der Waals surface area contributed by atoms with Crippen molar-refractivity contribution >= 4 is 0 Å². The number of hydrogen-bond acceptors (Lipinski definition) is 0. The smallest absolute Gasteiger partial charge is 0.0477 e. The molecular weight excluding hydrogens is 492 g/mol. The fraction of sp³-hybridized carbons (Fsp3) is 0.268. The van der Waals surface area contributed by atoms with Gasteiger partial charge in [-0.15, -0.1) is 0 Å². The molecule has 5 aromatic rings. The molecule has 5 aromatic carbocycles. The number of rotatable bonds is 0. The predicted molar refractivity (Wildman–Crippen MR) is 170 cm³/mol. The molecule has 0 aromatic heterocycles. The van der Waals surface area contributed by atoms with Crippen LogP contribution in [0.1, 0.15) is 90.6 Å². The zero-order valence-corrected chi connectivity index (χ0v) is 24.7. The molecule has 200 valence electrons. The van der Waals surface area contributed by atoms with E-state index < -0.39 is 0 Å². The summed E-state index contributed by atoms with van der Waals surface area (Å²) in [6.45, 7) is 12.5. The van der Waals surface area contributed by atoms with Crippen molar-refractivity contribution in [2.45, 2.75) is 69.1 Å². The van der Waals surface area contributed by atoms with E-state index in [0.717, 1.165) is 12.8 Å². The molecule has 0 saturated heterocycles. The van der Waals surface area contributed by atoms with Crippen molar-refractivity contribution in [3.05, 3.63) is 153 Å². The van der Waals surface area contributed by atoms with Gasteiger partial charge in [-0.1, -0.05) is 131 Å². The number of benzene rings is 5. The minimum absolute atomic E-state index is 0.0665. The Morgan fingerprint density at radius 1 is 0.415 bits per heavy atom. The average Bonchev–Trinajstić information content (AvgIpc) is 3.59. The van der Waals surface area contributed by atoms with Crippen LogP contribution in [0.5, 0.6) is 0 Å². The van der Waals surface area contributed by atoms with E-state index in [-0.39, 0.29) is 21.7 Å². The second-order valence-corrected chi connectivity index (χ2v) is 14.5. The number of fused-ring (bicyclic) bond motifs is 14. The Labute approximate surface area is 244 Å². The van der Waals surface area contributed by atoms with E-state index in [1.165, 1.54) is 50.1 Å². The average molecular weight is 529 g/mol. The van der Waals surface area contributed by atoms with Gasteiger partial charge in [-0.3, -0.25) is 0 Å². The van der Waals surface area contributed by atoms with Crippen molar-refractivity contribution in [2.24, 2.45) is 0 Å². The first-order chi connectivity index (χ1) is 19.7. The molecule has 0 bridgehead atoms. The van der Waals surface area contributed by atoms with E-state index in [4.69, 9.17) is 0 Å². The summed E-state index contributed by atoms with van der Waals surface area (Å²) in [5.41, 5.74) is 19.3. The van der Waals surface area contributed by atoms with Crippen molar-refractivity contribution in [1.82, 2.24) is 0 Å². The second-order valence-electron chi connectivity index (χ2n) is 14.5. The second kappa shape index (κ2) is 7.29. The van der Waals surface area contributed by atoms with E-state index in [2.05, 4.69) is 138 Å². The Kier molecular flexibility index (Phi) is 4.23. The highest BCUT2D eigenvalue weighted by molar-refractivity contribution is 5.89. The van der Waals surface area contributed by atoms with Gasteiger partial charge in [0.1, 0.15) is 0 Å². The van der Waals surface area contributed by atoms with E-state index in [1.54, 1.807) is 22.3 Å². The van der Waals surface area contributed by atoms with Crippen LogP contribution >= 0.6 is 0 Å². The maximum absolute atomic E-state index is 2.67. The molecule has 0 saturated carbocycles. The lowest BCUT2D eigenvalue weighted by Crippen LogP contribution is -2.29. The lowest BCUT2D eigenvalue weighted by molar-refractivity contribution is 0.440. The van der Waals surface area contributed by atoms with Gasteiger partial charge in [-0.25, -0.2) is 0 Å². The minimum Gasteiger partial charge on any atom is -0.0619 e. The van der Waals surface area contributed by atoms with Crippen LogP contribution in [-0.2, 0) is 21.7 Å². The summed E-state index contributed by atoms with van der Waals surface area (Å²) in [4.78, 5) is 0. The van der Waals surface area contributed by atoms with Crippen molar-refractivity contribution in [2.75, 3.05) is 0 Å². The standard InChI is InChI=1S/C41H36/c1-25-36-34(38(2,3)23-40(36)30-18-10-6-14-26(30)27-15-7-11-19-31(27)40)22-35-37(25)41(24-39(35,4)5)32-20-12-8-16-28(32)29-17-9-13-21-33(29)41/h6-22H,23-24H2,1-5H3. The summed E-state index contributed by atoms with van der Waals surface area (Å²) < 4.78 is 0. The molecule has 2 spiro atoms. The predicted octanol–water partition coefficient (Wildman–Crippen LogP) is 9.99. The highest BCUT2D eigenvalue weighted by Gasteiger charge is 2.60. The molecule has 9 rings (SSSR count). The lowest BCUT2D eigenvalue weighted by Gasteiger charge is -2.35. The van der Waals surface area contributed by atoms with Gasteiger partial charge in [-0.2, -0.15) is 0 Å². The third-order valence-corrected chi connectivity index (χ3v) is 11.4. The molecule has 0 radical (unpaired) electrons. The molecule has 4 aliphatic rings. The monoisotopic (exact) mass is 528 g/mol. The van der Waals surface area contributed by atoms with E-state index in [0.29, 0.717) is 0 Å². The summed E-state index contributed by atoms with van der Waals surface area (Å²) in [6.07, 6.45) is 2.21. The summed E-state index contributed by atoms with van der Waals surface area (Å²) in [6, 6.07) is 39.7. The largest absolute Gasteiger partial charge is 0.0619 e. The third-order valence-electron chi connectivity index (χ3n) is 11.4. The van der Waals surface area contributed by atoms with Crippen molar-refractivity contribution in [3.8, 4) is 22.3 Å². The normalized spacial score (nSPS) is 19.9. The molecule has 0 amide bonds. The van der Waals surface area contributed by atoms with Crippen LogP contribution in [0.15, 0.2) is 103 Å². The molecule has 0 N–H and O–H groups in total. The van der Waals surface area contributed by atoms with Gasteiger partial charge in [0, 0.05) is 10.8 Å². The molecular formula is C41H36. The van der Waals surface area contributed by atoms with Crippen LogP contribution in [-0.4, -0.2) is 0 Å². The highest BCUT2D eigenvalue weighted by Crippen LogP contribution is 2.69. The van der Waals surface area contributed by atoms with Crippen LogP contribution in [0.2, 0.25) is 0 Å². The quantitative estimate of drug-likeness (QED) is 0.188. The molecule has 41 heavy (non-hydrogen) atoms. The summed E-state index contributed by atoms with van der Waals surface area (Å²) in [5.74, 6) is 0. The van der Waals surface area contributed by atoms with Crippen LogP contribution in [0.4, 0.5) is 0 Å². The molecule has 0 atom stereocenters. The summed E-state index contributed by atoms with van der Waals surface area (Å²) in [5, 5.41) is 0. The maximum atomic E-state index is 2.67. The van der Waals surface area contributed by atoms with Gasteiger partial charge in [0.25, 0.3) is 0 Å². The first kappa shape index (κ1) is 23.8. The van der Waals surface area contributed by atoms with Crippen LogP contribution in [0.3, 0.4) is 0 Å². The van der Waals surface area contributed by atoms with Crippen LogP contribution in [0.25, 0.3) is 22.3 Å². The molecule has 0 fully saturated rings. The fourth-order valence-corrected chi connectivity index (χ4v) is 10.2. The summed E-state index contributed by atoms with van der Waals surface area (Å²) >= 11 is 0. The molecule has 0 heterocycles. The van der Waals surface area contributed by atoms with Gasteiger partial charge in [0.05, 0.1) is 0 Å². The zero-order chi connectivity index (χ0) is 27.9. The van der Waals surface area contributed by atoms with Gasteiger partial charge < -0.3 is 0 Å². The van der Waals surface area contributed by atoms with E-state index in [1.807, 2.05) is 0 Å². The zero-order valence-electron chi connectivity index (χ0n) is 24.7. The Balaban J connectivity index is 1.46. The fourth-order valence-electron chi connectivity index (χ4n) is 10.2. The van der Waals surface area contributed by atoms with Crippen molar-refractivity contribution in [3.63, 3.8) is 0 Å². The van der Waals surface area contributed by atoms with Crippen LogP contribution < -0.4 is 0 Å². The molecule has 0 unspecified atom stereocenters. The SMILES string of the molecule is Cc1c2c(cc3c1C1(CC3(C)C)c3ccccc3-c3ccccc31)C(C)(C)CC21c2ccccc2-c2ccccc21. The Morgan fingerprint density at radius 2 is 0.707 bits per heavy atom. The third kappa shape index (κ3) is 2.56. The van der Waals surface area contributed by atoms with Gasteiger partial charge in [0.15, 0.2) is 0 Å². The van der Waals surface area contributed by atoms with Gasteiger partial charge in [-0.05, 0) is 103 Å². The molecule has 0 aliphatic heterocycles. The topological polar surface area (TPSA) is 0 Å². The van der Waals surface area contributed by atoms with Crippen LogP contribution in [0, 0.1) is 6.92 Å². The van der Waals surface area contributed by atoms with Crippen molar-refractivity contribution in [1.29, 1.82) is 0 Å². The van der Waals surface area contributed by atoms with Gasteiger partial charge >= 0.3 is 0 Å². The first-order valence-electron chi connectivity index (χ1n) is 15.3. The number of hydrogen-bond donors (Lipinski definition) is 0. The Bertz CT molecular complexity index is 1730. The maximum Gasteiger partial charge on any atom is 0.0477 e. The van der Waals surface area contributed by atoms with E-state index >= 15 is 0 Å². The van der Waals surface area contributed by atoms with Gasteiger partial charge in [0.2, 0.25) is 0 Å². The molecule has 0 nitrogen and oxygen atoms in total. The molecule has 0 heteroatoms. The Hall–Kier alpha value is -3.90.